The summed E-state index contributed by atoms with van der Waals surface area (Å²) in [5.74, 6) is -1.43. The Morgan fingerprint density at radius 1 is 0.946 bits per heavy atom. The van der Waals surface area contributed by atoms with Gasteiger partial charge in [0.15, 0.2) is 0 Å². The standard InChI is InChI=1S/C28H28FN3O3S2/c1-2-21-18-36-28(30-21)26(17-20-12-14-22(15-13-20)32-37(34)35)31-27(33)24(16-19-8-4-3-5-9-19)23-10-6-7-11-25(23)29/h3-15,18,24,26,37H,2,16-17H2,1H3,(H,31,33)(H,32,34,35). The molecule has 2 N–H and O–H groups in total. The second-order valence-corrected chi connectivity index (χ2v) is 10.3. The highest BCUT2D eigenvalue weighted by molar-refractivity contribution is 7.73. The van der Waals surface area contributed by atoms with E-state index in [1.165, 1.54) is 17.4 Å². The number of aromatic nitrogens is 1. The van der Waals surface area contributed by atoms with E-state index in [1.54, 1.807) is 30.3 Å². The molecule has 0 radical (unpaired) electrons. The third-order valence-electron chi connectivity index (χ3n) is 6.04. The van der Waals surface area contributed by atoms with Gasteiger partial charge in [0, 0.05) is 16.6 Å². The summed E-state index contributed by atoms with van der Waals surface area (Å²) in [5, 5.41) is 5.88. The molecule has 0 fully saturated rings. The van der Waals surface area contributed by atoms with E-state index in [0.29, 0.717) is 24.1 Å². The van der Waals surface area contributed by atoms with Crippen molar-refractivity contribution >= 4 is 33.8 Å². The second kappa shape index (κ2) is 12.6. The molecule has 0 aliphatic carbocycles. The maximum Gasteiger partial charge on any atom is 0.228 e. The molecule has 0 bridgehead atoms. The first-order valence-corrected chi connectivity index (χ1v) is 14.0. The lowest BCUT2D eigenvalue weighted by Gasteiger charge is -2.23. The number of amides is 1. The molecule has 0 aliphatic heterocycles. The van der Waals surface area contributed by atoms with Gasteiger partial charge in [-0.25, -0.2) is 17.8 Å². The molecule has 1 aromatic heterocycles. The Hall–Kier alpha value is -3.56. The number of nitrogens with zero attached hydrogens (tertiary/aromatic N) is 1. The van der Waals surface area contributed by atoms with E-state index in [0.717, 1.165) is 28.2 Å². The Bertz CT molecular complexity index is 1400. The van der Waals surface area contributed by atoms with Crippen LogP contribution in [-0.2, 0) is 34.9 Å². The van der Waals surface area contributed by atoms with Crippen molar-refractivity contribution in [1.82, 2.24) is 10.3 Å². The van der Waals surface area contributed by atoms with Crippen molar-refractivity contribution in [1.29, 1.82) is 0 Å². The van der Waals surface area contributed by atoms with Gasteiger partial charge in [-0.05, 0) is 48.6 Å². The zero-order valence-corrected chi connectivity index (χ0v) is 22.0. The van der Waals surface area contributed by atoms with E-state index in [4.69, 9.17) is 4.98 Å². The van der Waals surface area contributed by atoms with Gasteiger partial charge < -0.3 is 5.32 Å². The summed E-state index contributed by atoms with van der Waals surface area (Å²) >= 11 is 1.48. The van der Waals surface area contributed by atoms with Gasteiger partial charge in [-0.2, -0.15) is 0 Å². The van der Waals surface area contributed by atoms with Crippen LogP contribution < -0.4 is 10.0 Å². The predicted octanol–water partition coefficient (Wildman–Crippen LogP) is 5.21. The molecule has 4 rings (SSSR count). The summed E-state index contributed by atoms with van der Waals surface area (Å²) in [4.78, 5) is 18.5. The van der Waals surface area contributed by atoms with Crippen molar-refractivity contribution in [2.45, 2.75) is 38.1 Å². The first-order valence-electron chi connectivity index (χ1n) is 12.0. The maximum absolute atomic E-state index is 14.8. The molecule has 2 unspecified atom stereocenters. The van der Waals surface area contributed by atoms with Crippen LogP contribution in [0.3, 0.4) is 0 Å². The minimum Gasteiger partial charge on any atom is -0.346 e. The lowest BCUT2D eigenvalue weighted by molar-refractivity contribution is -0.123. The summed E-state index contributed by atoms with van der Waals surface area (Å²) in [6.45, 7) is 2.02. The molecular weight excluding hydrogens is 509 g/mol. The molecule has 1 heterocycles. The minimum atomic E-state index is -2.75. The van der Waals surface area contributed by atoms with Gasteiger partial charge in [0.2, 0.25) is 16.8 Å². The lowest BCUT2D eigenvalue weighted by atomic mass is 9.90. The van der Waals surface area contributed by atoms with Crippen molar-refractivity contribution < 1.29 is 17.6 Å². The Balaban J connectivity index is 1.62. The Morgan fingerprint density at radius 3 is 2.27 bits per heavy atom. The molecule has 6 nitrogen and oxygen atoms in total. The van der Waals surface area contributed by atoms with Gasteiger partial charge in [-0.3, -0.25) is 9.52 Å². The van der Waals surface area contributed by atoms with Gasteiger partial charge in [0.25, 0.3) is 0 Å². The zero-order chi connectivity index (χ0) is 26.2. The number of benzene rings is 3. The van der Waals surface area contributed by atoms with Crippen molar-refractivity contribution in [3.05, 3.63) is 117 Å². The highest BCUT2D eigenvalue weighted by Gasteiger charge is 2.28. The molecular formula is C28H28FN3O3S2. The number of carbonyl (C=O) groups excluding carboxylic acids is 1. The third-order valence-corrected chi connectivity index (χ3v) is 7.49. The SMILES string of the molecule is CCc1csc(C(Cc2ccc(N[SH](=O)=O)cc2)NC(=O)C(Cc2ccccc2)c2ccccc2F)n1. The molecule has 2 atom stereocenters. The number of halogens is 1. The summed E-state index contributed by atoms with van der Waals surface area (Å²) < 4.78 is 39.1. The summed E-state index contributed by atoms with van der Waals surface area (Å²) in [5.41, 5.74) is 3.58. The van der Waals surface area contributed by atoms with Gasteiger partial charge in [0.1, 0.15) is 10.8 Å². The minimum absolute atomic E-state index is 0.283. The lowest BCUT2D eigenvalue weighted by Crippen LogP contribution is -2.35. The largest absolute Gasteiger partial charge is 0.346 e. The fourth-order valence-corrected chi connectivity index (χ4v) is 5.44. The van der Waals surface area contributed by atoms with Crippen LogP contribution in [0.1, 0.15) is 46.3 Å². The van der Waals surface area contributed by atoms with E-state index in [9.17, 15) is 17.6 Å². The van der Waals surface area contributed by atoms with E-state index in [2.05, 4.69) is 10.0 Å². The molecule has 3 aromatic carbocycles. The monoisotopic (exact) mass is 537 g/mol. The number of aryl methyl sites for hydroxylation is 1. The van der Waals surface area contributed by atoms with Gasteiger partial charge in [0.05, 0.1) is 17.7 Å². The number of anilines is 1. The first-order chi connectivity index (χ1) is 17.9. The number of thiol groups is 1. The normalized spacial score (nSPS) is 12.7. The van der Waals surface area contributed by atoms with Crippen LogP contribution in [0.25, 0.3) is 0 Å². The molecule has 37 heavy (non-hydrogen) atoms. The van der Waals surface area contributed by atoms with Gasteiger partial charge >= 0.3 is 0 Å². The Kier molecular flexibility index (Phi) is 9.03. The fourth-order valence-electron chi connectivity index (χ4n) is 4.13. The maximum atomic E-state index is 14.8. The van der Waals surface area contributed by atoms with E-state index in [1.807, 2.05) is 54.8 Å². The molecule has 9 heteroatoms. The number of hydrogen-bond acceptors (Lipinski definition) is 5. The zero-order valence-electron chi connectivity index (χ0n) is 20.3. The molecule has 0 spiro atoms. The number of hydrogen-bond donors (Lipinski definition) is 3. The quantitative estimate of drug-likeness (QED) is 0.229. The van der Waals surface area contributed by atoms with Crippen LogP contribution in [0, 0.1) is 5.82 Å². The number of thiazole rings is 1. The highest BCUT2D eigenvalue weighted by atomic mass is 32.2. The molecule has 1 amide bonds. The van der Waals surface area contributed by atoms with Crippen LogP contribution in [0.2, 0.25) is 0 Å². The molecule has 0 saturated heterocycles. The first kappa shape index (κ1) is 26.5. The van der Waals surface area contributed by atoms with Crippen LogP contribution in [0.4, 0.5) is 10.1 Å². The molecule has 0 saturated carbocycles. The average molecular weight is 538 g/mol. The van der Waals surface area contributed by atoms with Crippen molar-refractivity contribution in [2.75, 3.05) is 4.72 Å². The number of nitrogens with one attached hydrogen (secondary N) is 2. The van der Waals surface area contributed by atoms with Gasteiger partial charge in [-0.1, -0.05) is 67.6 Å². The second-order valence-electron chi connectivity index (χ2n) is 8.63. The van der Waals surface area contributed by atoms with Crippen molar-refractivity contribution in [2.24, 2.45) is 0 Å². The van der Waals surface area contributed by atoms with Crippen LogP contribution in [0.15, 0.2) is 84.2 Å². The molecule has 0 aliphatic rings. The third kappa shape index (κ3) is 7.24. The van der Waals surface area contributed by atoms with Crippen molar-refractivity contribution in [3.8, 4) is 0 Å². The van der Waals surface area contributed by atoms with E-state index < -0.39 is 28.7 Å². The smallest absolute Gasteiger partial charge is 0.228 e. The molecule has 192 valence electrons. The summed E-state index contributed by atoms with van der Waals surface area (Å²) in [6.07, 6.45) is 1.57. The Morgan fingerprint density at radius 2 is 1.62 bits per heavy atom. The van der Waals surface area contributed by atoms with Gasteiger partial charge in [-0.15, -0.1) is 11.3 Å². The Labute approximate surface area is 221 Å². The molecule has 4 aromatic rings. The van der Waals surface area contributed by atoms with E-state index in [-0.39, 0.29) is 5.91 Å². The topological polar surface area (TPSA) is 88.2 Å². The highest BCUT2D eigenvalue weighted by Crippen LogP contribution is 2.28. The predicted molar refractivity (Wildman–Crippen MR) is 146 cm³/mol. The number of rotatable bonds is 11. The van der Waals surface area contributed by atoms with Crippen LogP contribution >= 0.6 is 11.3 Å². The van der Waals surface area contributed by atoms with Crippen molar-refractivity contribution in [3.63, 3.8) is 0 Å². The summed E-state index contributed by atoms with van der Waals surface area (Å²) in [7, 11) is -2.75. The summed E-state index contributed by atoms with van der Waals surface area (Å²) in [6, 6.07) is 22.5. The average Bonchev–Trinajstić information content (AvgIpc) is 3.38. The van der Waals surface area contributed by atoms with E-state index >= 15 is 0 Å². The van der Waals surface area contributed by atoms with Crippen LogP contribution in [-0.4, -0.2) is 19.3 Å². The number of carbonyl (C=O) groups is 1. The fraction of sp³-hybridized carbons (Fsp3) is 0.214. The van der Waals surface area contributed by atoms with Crippen LogP contribution in [0.5, 0.6) is 0 Å².